The molecule has 10 heteroatoms. The van der Waals surface area contributed by atoms with Crippen LogP contribution in [-0.4, -0.2) is 105 Å². The average Bonchev–Trinajstić information content (AvgIpc) is 3.95. The Kier molecular flexibility index (Phi) is 10.2. The second kappa shape index (κ2) is 14.4. The summed E-state index contributed by atoms with van der Waals surface area (Å²) in [4.78, 5) is 52.7. The first-order valence-corrected chi connectivity index (χ1v) is 20.0. The molecule has 8 rings (SSSR count). The molecule has 5 fully saturated rings. The minimum absolute atomic E-state index is 0.00351. The van der Waals surface area contributed by atoms with E-state index in [9.17, 15) is 9.59 Å². The number of nitrogens with zero attached hydrogens (tertiary/aromatic N) is 6. The Hall–Kier alpha value is -3.50. The van der Waals surface area contributed by atoms with Crippen molar-refractivity contribution >= 4 is 11.8 Å². The molecule has 10 nitrogen and oxygen atoms in total. The van der Waals surface area contributed by atoms with Gasteiger partial charge in [-0.15, -0.1) is 0 Å². The molecule has 2 amide bonds. The summed E-state index contributed by atoms with van der Waals surface area (Å²) >= 11 is 0. The Bertz CT molecular complexity index is 1680. The zero-order valence-corrected chi connectivity index (χ0v) is 32.9. The summed E-state index contributed by atoms with van der Waals surface area (Å²) in [5, 5.41) is 0. The van der Waals surface area contributed by atoms with Crippen molar-refractivity contribution in [3.8, 4) is 11.3 Å². The second-order valence-corrected chi connectivity index (χ2v) is 17.7. The molecular formula is C42H62N8O2. The number of likely N-dealkylation sites (tertiary alicyclic amines) is 2. The van der Waals surface area contributed by atoms with E-state index in [1.54, 1.807) is 0 Å². The van der Waals surface area contributed by atoms with E-state index < -0.39 is 0 Å². The summed E-state index contributed by atoms with van der Waals surface area (Å²) in [5.41, 5.74) is 5.24. The van der Waals surface area contributed by atoms with E-state index >= 15 is 0 Å². The van der Waals surface area contributed by atoms with Crippen LogP contribution in [0, 0.1) is 11.8 Å². The molecule has 1 aromatic carbocycles. The number of likely N-dealkylation sites (N-methyl/N-ethyl adjacent to an activating group) is 2. The third-order valence-corrected chi connectivity index (χ3v) is 13.4. The molecule has 5 aliphatic rings. The van der Waals surface area contributed by atoms with Gasteiger partial charge in [-0.05, 0) is 121 Å². The van der Waals surface area contributed by atoms with Crippen LogP contribution in [0.3, 0.4) is 0 Å². The topological polar surface area (TPSA) is 104 Å². The predicted octanol–water partition coefficient (Wildman–Crippen LogP) is 6.84. The fourth-order valence-corrected chi connectivity index (χ4v) is 10.6. The van der Waals surface area contributed by atoms with Crippen molar-refractivity contribution in [1.29, 1.82) is 0 Å². The van der Waals surface area contributed by atoms with Crippen molar-refractivity contribution in [2.45, 2.75) is 127 Å². The first-order valence-electron chi connectivity index (χ1n) is 20.0. The molecule has 2 bridgehead atoms. The molecule has 2 N–H and O–H groups in total. The van der Waals surface area contributed by atoms with Crippen molar-refractivity contribution < 1.29 is 9.59 Å². The highest BCUT2D eigenvalue weighted by Crippen LogP contribution is 2.58. The Morgan fingerprint density at radius 1 is 0.692 bits per heavy atom. The fourth-order valence-electron chi connectivity index (χ4n) is 10.6. The molecule has 4 unspecified atom stereocenters. The van der Waals surface area contributed by atoms with Crippen LogP contribution in [0.1, 0.15) is 127 Å². The number of benzene rings is 1. The lowest BCUT2D eigenvalue weighted by atomic mass is 9.51. The smallest absolute Gasteiger partial charge is 0.240 e. The highest BCUT2D eigenvalue weighted by atomic mass is 16.2. The number of carbonyl (C=O) groups excluding carboxylic acids is 2. The van der Waals surface area contributed by atoms with Gasteiger partial charge in [-0.3, -0.25) is 19.4 Å². The number of rotatable bonds is 11. The third kappa shape index (κ3) is 6.52. The van der Waals surface area contributed by atoms with E-state index in [1.807, 2.05) is 44.2 Å². The maximum absolute atomic E-state index is 13.7. The van der Waals surface area contributed by atoms with Gasteiger partial charge in [-0.2, -0.15) is 0 Å². The summed E-state index contributed by atoms with van der Waals surface area (Å²) in [6, 6.07) is 9.00. The van der Waals surface area contributed by atoms with Gasteiger partial charge in [0.25, 0.3) is 0 Å². The molecule has 0 spiro atoms. The SMILES string of the molecule is CC(C)C(C(=O)N1CCCC1c1ncc(-c2ccc(C34CCC(c5cnc(C6CCCN6C(=O)C(C(C)C)N(C)C)[nH]5)(CC3)CC4)cc2)[nH]1)N(C)C. The van der Waals surface area contributed by atoms with Gasteiger partial charge in [0.2, 0.25) is 11.8 Å². The fraction of sp³-hybridized carbons (Fsp3) is 0.667. The molecule has 4 atom stereocenters. The lowest BCUT2D eigenvalue weighted by molar-refractivity contribution is -0.139. The number of fused-ring (bicyclic) bond motifs is 3. The van der Waals surface area contributed by atoms with Crippen molar-refractivity contribution in [2.24, 2.45) is 11.8 Å². The van der Waals surface area contributed by atoms with Crippen molar-refractivity contribution in [1.82, 2.24) is 39.5 Å². The minimum Gasteiger partial charge on any atom is -0.344 e. The van der Waals surface area contributed by atoms with Gasteiger partial charge in [0.1, 0.15) is 11.6 Å². The van der Waals surface area contributed by atoms with Crippen LogP contribution >= 0.6 is 0 Å². The normalized spacial score (nSPS) is 27.5. The van der Waals surface area contributed by atoms with Crippen LogP contribution < -0.4 is 0 Å². The summed E-state index contributed by atoms with van der Waals surface area (Å²) in [6.45, 7) is 10.1. The van der Waals surface area contributed by atoms with E-state index in [-0.39, 0.29) is 58.6 Å². The Morgan fingerprint density at radius 3 is 1.63 bits per heavy atom. The first-order chi connectivity index (χ1) is 24.8. The van der Waals surface area contributed by atoms with E-state index in [0.717, 1.165) is 80.9 Å². The number of hydrogen-bond donors (Lipinski definition) is 2. The van der Waals surface area contributed by atoms with E-state index in [4.69, 9.17) is 9.97 Å². The molecule has 2 aromatic heterocycles. The van der Waals surface area contributed by atoms with Crippen LogP contribution in [0.5, 0.6) is 0 Å². The number of imidazole rings is 2. The predicted molar refractivity (Wildman–Crippen MR) is 206 cm³/mol. The van der Waals surface area contributed by atoms with Gasteiger partial charge in [0.15, 0.2) is 0 Å². The van der Waals surface area contributed by atoms with Gasteiger partial charge in [-0.25, -0.2) is 9.97 Å². The van der Waals surface area contributed by atoms with Crippen molar-refractivity contribution in [3.63, 3.8) is 0 Å². The maximum atomic E-state index is 13.7. The molecule has 282 valence electrons. The Labute approximate surface area is 311 Å². The number of H-pyrrole nitrogens is 2. The monoisotopic (exact) mass is 710 g/mol. The highest BCUT2D eigenvalue weighted by Gasteiger charge is 2.51. The van der Waals surface area contributed by atoms with Gasteiger partial charge >= 0.3 is 0 Å². The molecule has 3 saturated carbocycles. The second-order valence-electron chi connectivity index (χ2n) is 17.7. The number of amides is 2. The van der Waals surface area contributed by atoms with E-state index in [1.165, 1.54) is 30.5 Å². The molecule has 0 radical (unpaired) electrons. The largest absolute Gasteiger partial charge is 0.344 e. The van der Waals surface area contributed by atoms with Gasteiger partial charge in [-0.1, -0.05) is 52.0 Å². The summed E-state index contributed by atoms with van der Waals surface area (Å²) in [7, 11) is 8.02. The van der Waals surface area contributed by atoms with Crippen molar-refractivity contribution in [2.75, 3.05) is 41.3 Å². The number of aromatic amines is 2. The highest BCUT2D eigenvalue weighted by molar-refractivity contribution is 5.83. The summed E-state index contributed by atoms with van der Waals surface area (Å²) < 4.78 is 0. The number of aromatic nitrogens is 4. The van der Waals surface area contributed by atoms with Gasteiger partial charge in [0.05, 0.1) is 36.1 Å². The average molecular weight is 711 g/mol. The van der Waals surface area contributed by atoms with Crippen molar-refractivity contribution in [3.05, 3.63) is 59.6 Å². The summed E-state index contributed by atoms with van der Waals surface area (Å²) in [5.74, 6) is 2.79. The maximum Gasteiger partial charge on any atom is 0.240 e. The minimum atomic E-state index is -0.130. The van der Waals surface area contributed by atoms with Crippen LogP contribution in [0.15, 0.2) is 36.7 Å². The van der Waals surface area contributed by atoms with Crippen LogP contribution in [0.2, 0.25) is 0 Å². The molecule has 4 heterocycles. The quantitative estimate of drug-likeness (QED) is 0.226. The molecule has 2 aliphatic heterocycles. The Morgan fingerprint density at radius 2 is 1.15 bits per heavy atom. The first kappa shape index (κ1) is 36.8. The van der Waals surface area contributed by atoms with Crippen LogP contribution in [0.25, 0.3) is 11.3 Å². The lowest BCUT2D eigenvalue weighted by Crippen LogP contribution is -2.48. The zero-order chi connectivity index (χ0) is 36.9. The molecule has 3 aromatic rings. The third-order valence-electron chi connectivity index (χ3n) is 13.4. The molecule has 3 aliphatic carbocycles. The van der Waals surface area contributed by atoms with Gasteiger partial charge < -0.3 is 19.8 Å². The van der Waals surface area contributed by atoms with Crippen LogP contribution in [0.4, 0.5) is 0 Å². The van der Waals surface area contributed by atoms with Gasteiger partial charge in [0, 0.05) is 30.4 Å². The van der Waals surface area contributed by atoms with E-state index in [2.05, 4.69) is 77.9 Å². The molecule has 52 heavy (non-hydrogen) atoms. The number of nitrogens with one attached hydrogen (secondary N) is 2. The van der Waals surface area contributed by atoms with E-state index in [0.29, 0.717) is 0 Å². The lowest BCUT2D eigenvalue weighted by Gasteiger charge is -2.53. The number of carbonyl (C=O) groups is 2. The standard InChI is InChI=1S/C42H62N8O2/c1-27(2)35(47(5)6)39(51)49-23-9-11-32(49)37-43-25-31(45-37)29-13-15-30(16-14-29)41-17-20-42(21-18-41,22-19-41)34-26-44-38(46-34)33-12-10-24-50(33)40(52)36(28(3)4)48(7)8/h13-16,25-28,32-33,35-36H,9-12,17-24H2,1-8H3,(H,43,45)(H,44,46). The zero-order valence-electron chi connectivity index (χ0n) is 32.9. The van der Waals surface area contributed by atoms with Crippen LogP contribution in [-0.2, 0) is 20.4 Å². The molecule has 2 saturated heterocycles. The molecular weight excluding hydrogens is 649 g/mol. The number of hydrogen-bond acceptors (Lipinski definition) is 6. The Balaban J connectivity index is 1.01. The summed E-state index contributed by atoms with van der Waals surface area (Å²) in [6.07, 6.45) is 15.0.